The molecule has 0 bridgehead atoms. The van der Waals surface area contributed by atoms with E-state index in [1.165, 1.54) is 0 Å². The molecule has 2 nitrogen and oxygen atoms in total. The maximum atomic E-state index is 7.05. The van der Waals surface area contributed by atoms with E-state index in [0.717, 1.165) is 11.8 Å². The van der Waals surface area contributed by atoms with Crippen molar-refractivity contribution in [1.82, 2.24) is 0 Å². The summed E-state index contributed by atoms with van der Waals surface area (Å²) in [4.78, 5) is 0. The first-order valence-electron chi connectivity index (χ1n) is 3.42. The van der Waals surface area contributed by atoms with Gasteiger partial charge in [0.2, 0.25) is 0 Å². The third kappa shape index (κ3) is 1.32. The van der Waals surface area contributed by atoms with Gasteiger partial charge in [0.05, 0.1) is 0 Å². The van der Waals surface area contributed by atoms with Crippen LogP contribution in [0.5, 0.6) is 0 Å². The van der Waals surface area contributed by atoms with Crippen molar-refractivity contribution in [2.45, 2.75) is 6.92 Å². The van der Waals surface area contributed by atoms with Crippen LogP contribution in [0.3, 0.4) is 0 Å². The molecular formula is C8H8BClN2. The van der Waals surface area contributed by atoms with Crippen LogP contribution >= 0.6 is 11.6 Å². The fraction of sp³-hybridized carbons (Fsp3) is 0.125. The van der Waals surface area contributed by atoms with E-state index in [1.807, 2.05) is 6.92 Å². The van der Waals surface area contributed by atoms with Crippen LogP contribution in [0.2, 0.25) is 5.02 Å². The van der Waals surface area contributed by atoms with Gasteiger partial charge >= 0.3 is 0 Å². The number of aryl methyl sites for hydroxylation is 1. The van der Waals surface area contributed by atoms with Crippen LogP contribution in [0.25, 0.3) is 0 Å². The van der Waals surface area contributed by atoms with Gasteiger partial charge in [-0.05, 0) is 18.6 Å². The first-order chi connectivity index (χ1) is 5.57. The number of benzene rings is 1. The predicted octanol–water partition coefficient (Wildman–Crippen LogP) is 1.02. The molecule has 3 N–H and O–H groups in total. The summed E-state index contributed by atoms with van der Waals surface area (Å²) in [7, 11) is 5.63. The molecule has 0 saturated carbocycles. The molecule has 0 aliphatic heterocycles. The van der Waals surface area contributed by atoms with Crippen molar-refractivity contribution in [2.75, 3.05) is 5.73 Å². The highest BCUT2D eigenvalue weighted by molar-refractivity contribution is 6.47. The smallest absolute Gasteiger partial charge is 0.116 e. The Labute approximate surface area is 77.6 Å². The first-order valence-corrected chi connectivity index (χ1v) is 3.80. The topological polar surface area (TPSA) is 49.9 Å². The summed E-state index contributed by atoms with van der Waals surface area (Å²) in [6.45, 7) is 1.82. The molecule has 0 saturated heterocycles. The second-order valence-corrected chi connectivity index (χ2v) is 2.95. The minimum atomic E-state index is 0.379. The van der Waals surface area contributed by atoms with Gasteiger partial charge in [-0.2, -0.15) is 0 Å². The SMILES string of the molecule is [B]c1c(Cl)c(C)cc(N)c1C=N. The average Bonchev–Trinajstić information content (AvgIpc) is 2.01. The van der Waals surface area contributed by atoms with Crippen molar-refractivity contribution in [3.05, 3.63) is 22.2 Å². The molecule has 0 aliphatic carbocycles. The molecule has 0 spiro atoms. The van der Waals surface area contributed by atoms with Crippen molar-refractivity contribution in [3.8, 4) is 0 Å². The minimum Gasteiger partial charge on any atom is -0.398 e. The van der Waals surface area contributed by atoms with Crippen LogP contribution < -0.4 is 11.2 Å². The maximum absolute atomic E-state index is 7.05. The van der Waals surface area contributed by atoms with E-state index in [1.54, 1.807) is 6.07 Å². The van der Waals surface area contributed by atoms with Crippen LogP contribution in [0, 0.1) is 12.3 Å². The molecule has 1 aromatic rings. The number of hydrogen-bond donors (Lipinski definition) is 2. The molecule has 0 aliphatic rings. The molecule has 12 heavy (non-hydrogen) atoms. The Kier molecular flexibility index (Phi) is 2.43. The van der Waals surface area contributed by atoms with Crippen LogP contribution in [0.15, 0.2) is 6.07 Å². The highest BCUT2D eigenvalue weighted by Crippen LogP contribution is 2.18. The molecule has 0 unspecified atom stereocenters. The standard InChI is InChI=1S/C8H8BClN2/c1-4-2-6(12)5(3-11)7(9)8(4)10/h2-3,11H,12H2,1H3. The quantitative estimate of drug-likeness (QED) is 0.377. The van der Waals surface area contributed by atoms with Gasteiger partial charge in [0.15, 0.2) is 0 Å². The van der Waals surface area contributed by atoms with Gasteiger partial charge in [-0.15, -0.1) is 0 Å². The number of nitrogens with one attached hydrogen (secondary N) is 1. The van der Waals surface area contributed by atoms with Gasteiger partial charge in [-0.25, -0.2) is 0 Å². The second kappa shape index (κ2) is 3.19. The molecule has 0 aromatic heterocycles. The van der Waals surface area contributed by atoms with Gasteiger partial charge in [0, 0.05) is 22.5 Å². The number of nitrogen functional groups attached to an aromatic ring is 1. The lowest BCUT2D eigenvalue weighted by Crippen LogP contribution is -2.15. The van der Waals surface area contributed by atoms with Gasteiger partial charge in [-0.3, -0.25) is 0 Å². The van der Waals surface area contributed by atoms with E-state index < -0.39 is 0 Å². The van der Waals surface area contributed by atoms with Crippen molar-refractivity contribution in [3.63, 3.8) is 0 Å². The van der Waals surface area contributed by atoms with Gasteiger partial charge < -0.3 is 11.1 Å². The summed E-state index contributed by atoms with van der Waals surface area (Å²) < 4.78 is 0. The third-order valence-electron chi connectivity index (χ3n) is 1.70. The summed E-state index contributed by atoms with van der Waals surface area (Å²) in [5, 5.41) is 7.52. The lowest BCUT2D eigenvalue weighted by molar-refractivity contribution is 1.47. The summed E-state index contributed by atoms with van der Waals surface area (Å²) in [5.74, 6) is 0. The van der Waals surface area contributed by atoms with Crippen LogP contribution in [-0.4, -0.2) is 14.1 Å². The lowest BCUT2D eigenvalue weighted by Gasteiger charge is -2.09. The highest BCUT2D eigenvalue weighted by atomic mass is 35.5. The Morgan fingerprint density at radius 3 is 2.75 bits per heavy atom. The molecule has 0 fully saturated rings. The van der Waals surface area contributed by atoms with E-state index in [0.29, 0.717) is 21.7 Å². The van der Waals surface area contributed by atoms with Gasteiger partial charge in [0.25, 0.3) is 0 Å². The number of halogens is 1. The summed E-state index contributed by atoms with van der Waals surface area (Å²) in [5.41, 5.74) is 7.80. The van der Waals surface area contributed by atoms with Crippen LogP contribution in [0.4, 0.5) is 5.69 Å². The van der Waals surface area contributed by atoms with Crippen LogP contribution in [-0.2, 0) is 0 Å². The lowest BCUT2D eigenvalue weighted by atomic mass is 9.88. The molecule has 60 valence electrons. The second-order valence-electron chi connectivity index (χ2n) is 2.57. The van der Waals surface area contributed by atoms with E-state index >= 15 is 0 Å². The third-order valence-corrected chi connectivity index (χ3v) is 2.20. The summed E-state index contributed by atoms with van der Waals surface area (Å²) in [6, 6.07) is 1.71. The zero-order valence-corrected chi connectivity index (χ0v) is 7.44. The molecular weight excluding hydrogens is 170 g/mol. The highest BCUT2D eigenvalue weighted by Gasteiger charge is 2.06. The zero-order chi connectivity index (χ0) is 9.30. The Bertz CT molecular complexity index is 336. The Morgan fingerprint density at radius 2 is 2.25 bits per heavy atom. The molecule has 1 aromatic carbocycles. The molecule has 0 amide bonds. The first kappa shape index (κ1) is 9.14. The zero-order valence-electron chi connectivity index (χ0n) is 6.69. The number of anilines is 1. The minimum absolute atomic E-state index is 0.379. The Balaban J connectivity index is 3.51. The van der Waals surface area contributed by atoms with E-state index in [-0.39, 0.29) is 0 Å². The maximum Gasteiger partial charge on any atom is 0.116 e. The number of rotatable bonds is 1. The summed E-state index contributed by atoms with van der Waals surface area (Å²) >= 11 is 5.85. The number of hydrogen-bond acceptors (Lipinski definition) is 2. The fourth-order valence-electron chi connectivity index (χ4n) is 1.02. The van der Waals surface area contributed by atoms with E-state index in [9.17, 15) is 0 Å². The molecule has 4 heteroatoms. The molecule has 2 radical (unpaired) electrons. The van der Waals surface area contributed by atoms with Gasteiger partial charge in [0.1, 0.15) is 7.85 Å². The number of nitrogens with two attached hydrogens (primary N) is 1. The van der Waals surface area contributed by atoms with Crippen LogP contribution in [0.1, 0.15) is 11.1 Å². The monoisotopic (exact) mass is 178 g/mol. The van der Waals surface area contributed by atoms with Gasteiger partial charge in [-0.1, -0.05) is 17.1 Å². The fourth-order valence-corrected chi connectivity index (χ4v) is 1.18. The average molecular weight is 178 g/mol. The normalized spacial score (nSPS) is 9.83. The van der Waals surface area contributed by atoms with E-state index in [2.05, 4.69) is 0 Å². The van der Waals surface area contributed by atoms with Crippen molar-refractivity contribution in [1.29, 1.82) is 5.41 Å². The van der Waals surface area contributed by atoms with Crippen molar-refractivity contribution < 1.29 is 0 Å². The predicted molar refractivity (Wildman–Crippen MR) is 53.9 cm³/mol. The Hall–Kier alpha value is -0.955. The molecule has 1 rings (SSSR count). The summed E-state index contributed by atoms with van der Waals surface area (Å²) in [6.07, 6.45) is 1.11. The van der Waals surface area contributed by atoms with Crippen molar-refractivity contribution in [2.24, 2.45) is 0 Å². The largest absolute Gasteiger partial charge is 0.398 e. The van der Waals surface area contributed by atoms with E-state index in [4.69, 9.17) is 30.6 Å². The van der Waals surface area contributed by atoms with Crippen molar-refractivity contribution >= 4 is 36.8 Å². The Morgan fingerprint density at radius 1 is 1.67 bits per heavy atom. The molecule has 0 atom stereocenters. The molecule has 0 heterocycles.